The summed E-state index contributed by atoms with van der Waals surface area (Å²) in [4.78, 5) is 26.8. The molecule has 25 heavy (non-hydrogen) atoms. The Balaban J connectivity index is 1.78. The molecule has 1 heterocycles. The van der Waals surface area contributed by atoms with Crippen LogP contribution in [0.2, 0.25) is 0 Å². The Morgan fingerprint density at radius 3 is 2.56 bits per heavy atom. The van der Waals surface area contributed by atoms with Gasteiger partial charge in [0.15, 0.2) is 0 Å². The Kier molecular flexibility index (Phi) is 3.95. The number of nitrogens with one attached hydrogen (secondary N) is 1. The molecular formula is C20H15IN2O2. The van der Waals surface area contributed by atoms with Gasteiger partial charge >= 0.3 is 0 Å². The SMILES string of the molecule is CCN1C(=O)c2cccc3c(NC(=O)c4ccc(I)cc4)ccc1c23. The number of nitrogens with zero attached hydrogens (tertiary/aromatic N) is 1. The van der Waals surface area contributed by atoms with Gasteiger partial charge in [-0.2, -0.15) is 0 Å². The van der Waals surface area contributed by atoms with Crippen LogP contribution in [0.3, 0.4) is 0 Å². The van der Waals surface area contributed by atoms with Crippen LogP contribution < -0.4 is 10.2 Å². The summed E-state index contributed by atoms with van der Waals surface area (Å²) < 4.78 is 1.08. The summed E-state index contributed by atoms with van der Waals surface area (Å²) in [5.41, 5.74) is 2.93. The maximum Gasteiger partial charge on any atom is 0.258 e. The van der Waals surface area contributed by atoms with Crippen LogP contribution in [0.25, 0.3) is 10.8 Å². The van der Waals surface area contributed by atoms with E-state index in [0.717, 1.165) is 25.7 Å². The fourth-order valence-corrected chi connectivity index (χ4v) is 3.62. The zero-order valence-corrected chi connectivity index (χ0v) is 15.7. The second-order valence-corrected chi connectivity index (χ2v) is 7.12. The molecule has 1 N–H and O–H groups in total. The molecule has 0 atom stereocenters. The molecule has 0 spiro atoms. The van der Waals surface area contributed by atoms with E-state index in [1.54, 1.807) is 17.0 Å². The van der Waals surface area contributed by atoms with Gasteiger partial charge in [-0.25, -0.2) is 0 Å². The summed E-state index contributed by atoms with van der Waals surface area (Å²) in [5.74, 6) is -0.141. The Bertz CT molecular complexity index is 1010. The normalized spacial score (nSPS) is 12.7. The van der Waals surface area contributed by atoms with Crippen LogP contribution in [0.1, 0.15) is 27.6 Å². The van der Waals surface area contributed by atoms with Gasteiger partial charge in [0.2, 0.25) is 0 Å². The summed E-state index contributed by atoms with van der Waals surface area (Å²) in [6.45, 7) is 2.58. The first-order valence-corrected chi connectivity index (χ1v) is 9.12. The van der Waals surface area contributed by atoms with Gasteiger partial charge in [0, 0.05) is 37.7 Å². The van der Waals surface area contributed by atoms with Crippen LogP contribution in [0, 0.1) is 3.57 Å². The van der Waals surface area contributed by atoms with Crippen molar-refractivity contribution in [2.45, 2.75) is 6.92 Å². The van der Waals surface area contributed by atoms with Crippen LogP contribution in [0.15, 0.2) is 54.6 Å². The molecule has 1 aliphatic heterocycles. The molecule has 4 rings (SSSR count). The van der Waals surface area contributed by atoms with Crippen LogP contribution in [-0.2, 0) is 0 Å². The molecule has 0 unspecified atom stereocenters. The maximum atomic E-state index is 12.5. The fraction of sp³-hybridized carbons (Fsp3) is 0.100. The zero-order chi connectivity index (χ0) is 17.6. The molecule has 0 saturated carbocycles. The van der Waals surface area contributed by atoms with Crippen LogP contribution >= 0.6 is 22.6 Å². The van der Waals surface area contributed by atoms with Gasteiger partial charge < -0.3 is 10.2 Å². The van der Waals surface area contributed by atoms with Crippen molar-refractivity contribution < 1.29 is 9.59 Å². The number of halogens is 1. The van der Waals surface area contributed by atoms with E-state index >= 15 is 0 Å². The lowest BCUT2D eigenvalue weighted by Gasteiger charge is -2.15. The number of hydrogen-bond donors (Lipinski definition) is 1. The fourth-order valence-electron chi connectivity index (χ4n) is 3.26. The number of benzene rings is 3. The molecule has 0 saturated heterocycles. The van der Waals surface area contributed by atoms with E-state index in [4.69, 9.17) is 0 Å². The van der Waals surface area contributed by atoms with E-state index in [9.17, 15) is 9.59 Å². The third-order valence-electron chi connectivity index (χ3n) is 4.46. The lowest BCUT2D eigenvalue weighted by molar-refractivity contribution is 0.0992. The lowest BCUT2D eigenvalue weighted by atomic mass is 10.0. The molecule has 3 aromatic rings. The molecule has 2 amide bonds. The second kappa shape index (κ2) is 6.15. The van der Waals surface area contributed by atoms with Crippen molar-refractivity contribution in [1.82, 2.24) is 0 Å². The minimum absolute atomic E-state index is 0.0178. The summed E-state index contributed by atoms with van der Waals surface area (Å²) >= 11 is 2.21. The van der Waals surface area contributed by atoms with Crippen molar-refractivity contribution in [3.63, 3.8) is 0 Å². The molecule has 4 nitrogen and oxygen atoms in total. The van der Waals surface area contributed by atoms with E-state index in [1.807, 2.05) is 49.4 Å². The van der Waals surface area contributed by atoms with Crippen molar-refractivity contribution >= 4 is 56.6 Å². The van der Waals surface area contributed by atoms with Gasteiger partial charge in [-0.1, -0.05) is 12.1 Å². The average Bonchev–Trinajstić information content (AvgIpc) is 2.91. The third-order valence-corrected chi connectivity index (χ3v) is 5.17. The van der Waals surface area contributed by atoms with Gasteiger partial charge in [-0.15, -0.1) is 0 Å². The summed E-state index contributed by atoms with van der Waals surface area (Å²) in [6.07, 6.45) is 0. The Labute approximate surface area is 159 Å². The van der Waals surface area contributed by atoms with E-state index in [2.05, 4.69) is 27.9 Å². The molecule has 0 fully saturated rings. The highest BCUT2D eigenvalue weighted by molar-refractivity contribution is 14.1. The third kappa shape index (κ3) is 2.59. The predicted octanol–water partition coefficient (Wildman–Crippen LogP) is 4.68. The molecule has 1 aliphatic rings. The van der Waals surface area contributed by atoms with Gasteiger partial charge in [-0.05, 0) is 72.0 Å². The van der Waals surface area contributed by atoms with Crippen LogP contribution in [0.5, 0.6) is 0 Å². The van der Waals surface area contributed by atoms with Crippen molar-refractivity contribution in [3.05, 3.63) is 69.3 Å². The Morgan fingerprint density at radius 2 is 1.84 bits per heavy atom. The van der Waals surface area contributed by atoms with E-state index in [1.165, 1.54) is 0 Å². The predicted molar refractivity (Wildman–Crippen MR) is 108 cm³/mol. The average molecular weight is 442 g/mol. The maximum absolute atomic E-state index is 12.5. The lowest BCUT2D eigenvalue weighted by Crippen LogP contribution is -2.25. The molecule has 0 aromatic heterocycles. The highest BCUT2D eigenvalue weighted by Gasteiger charge is 2.29. The highest BCUT2D eigenvalue weighted by Crippen LogP contribution is 2.40. The van der Waals surface area contributed by atoms with Crippen molar-refractivity contribution in [2.24, 2.45) is 0 Å². The molecule has 3 aromatic carbocycles. The largest absolute Gasteiger partial charge is 0.321 e. The topological polar surface area (TPSA) is 49.4 Å². The summed E-state index contributed by atoms with van der Waals surface area (Å²) in [7, 11) is 0. The molecular weight excluding hydrogens is 427 g/mol. The first kappa shape index (κ1) is 16.1. The first-order chi connectivity index (χ1) is 12.1. The number of rotatable bonds is 3. The molecule has 5 heteroatoms. The van der Waals surface area contributed by atoms with Crippen LogP contribution in [0.4, 0.5) is 11.4 Å². The van der Waals surface area contributed by atoms with Gasteiger partial charge in [0.1, 0.15) is 0 Å². The quantitative estimate of drug-likeness (QED) is 0.600. The molecule has 0 radical (unpaired) electrons. The van der Waals surface area contributed by atoms with Crippen LogP contribution in [-0.4, -0.2) is 18.4 Å². The summed E-state index contributed by atoms with van der Waals surface area (Å²) in [6, 6.07) is 16.8. The first-order valence-electron chi connectivity index (χ1n) is 8.04. The Hall–Kier alpha value is -2.41. The van der Waals surface area contributed by atoms with Gasteiger partial charge in [0.25, 0.3) is 11.8 Å². The summed E-state index contributed by atoms with van der Waals surface area (Å²) in [5, 5.41) is 4.78. The standard InChI is InChI=1S/C20H15IN2O2/c1-2-23-17-11-10-16(14-4-3-5-15(18(14)17)20(23)25)22-19(24)12-6-8-13(21)9-7-12/h3-11H,2H2,1H3,(H,22,24). The van der Waals surface area contributed by atoms with E-state index < -0.39 is 0 Å². The number of carbonyl (C=O) groups is 2. The van der Waals surface area contributed by atoms with Gasteiger partial charge in [0.05, 0.1) is 5.69 Å². The number of amides is 2. The van der Waals surface area contributed by atoms with Crippen molar-refractivity contribution in [2.75, 3.05) is 16.8 Å². The smallest absolute Gasteiger partial charge is 0.258 e. The van der Waals surface area contributed by atoms with Gasteiger partial charge in [-0.3, -0.25) is 9.59 Å². The Morgan fingerprint density at radius 1 is 1.08 bits per heavy atom. The highest BCUT2D eigenvalue weighted by atomic mass is 127. The monoisotopic (exact) mass is 442 g/mol. The van der Waals surface area contributed by atoms with Crippen molar-refractivity contribution in [3.8, 4) is 0 Å². The molecule has 0 bridgehead atoms. The minimum Gasteiger partial charge on any atom is -0.321 e. The molecule has 0 aliphatic carbocycles. The number of carbonyl (C=O) groups excluding carboxylic acids is 2. The molecule has 124 valence electrons. The zero-order valence-electron chi connectivity index (χ0n) is 13.5. The minimum atomic E-state index is -0.159. The number of hydrogen-bond acceptors (Lipinski definition) is 2. The van der Waals surface area contributed by atoms with E-state index in [0.29, 0.717) is 17.7 Å². The second-order valence-electron chi connectivity index (χ2n) is 5.87. The van der Waals surface area contributed by atoms with E-state index in [-0.39, 0.29) is 11.8 Å². The number of anilines is 2. The van der Waals surface area contributed by atoms with Crippen molar-refractivity contribution in [1.29, 1.82) is 0 Å².